The molecule has 2 heterocycles. The van der Waals surface area contributed by atoms with E-state index in [9.17, 15) is 4.79 Å². The average molecular weight is 236 g/mol. The summed E-state index contributed by atoms with van der Waals surface area (Å²) in [6, 6.07) is 1.92. The molecule has 0 amide bonds. The molecular formula is C12H16N2O3. The zero-order chi connectivity index (χ0) is 12.3. The van der Waals surface area contributed by atoms with E-state index >= 15 is 0 Å². The highest BCUT2D eigenvalue weighted by Gasteiger charge is 2.21. The third-order valence-corrected chi connectivity index (χ3v) is 3.07. The van der Waals surface area contributed by atoms with E-state index in [-0.39, 0.29) is 5.56 Å². The molecular weight excluding hydrogens is 220 g/mol. The molecule has 5 heteroatoms. The van der Waals surface area contributed by atoms with Crippen molar-refractivity contribution < 1.29 is 14.6 Å². The van der Waals surface area contributed by atoms with Gasteiger partial charge in [-0.1, -0.05) is 0 Å². The van der Waals surface area contributed by atoms with Crippen molar-refractivity contribution in [1.82, 2.24) is 9.88 Å². The molecule has 17 heavy (non-hydrogen) atoms. The Morgan fingerprint density at radius 2 is 2.47 bits per heavy atom. The van der Waals surface area contributed by atoms with Crippen LogP contribution in [-0.2, 0) is 0 Å². The van der Waals surface area contributed by atoms with E-state index in [1.807, 2.05) is 0 Å². The molecule has 1 aliphatic rings. The first-order chi connectivity index (χ1) is 8.16. The number of aromatic carboxylic acids is 1. The summed E-state index contributed by atoms with van der Waals surface area (Å²) in [7, 11) is 2.08. The van der Waals surface area contributed by atoms with Crippen LogP contribution in [0.15, 0.2) is 18.5 Å². The van der Waals surface area contributed by atoms with E-state index in [4.69, 9.17) is 9.84 Å². The summed E-state index contributed by atoms with van der Waals surface area (Å²) >= 11 is 0. The van der Waals surface area contributed by atoms with Crippen molar-refractivity contribution in [1.29, 1.82) is 0 Å². The van der Waals surface area contributed by atoms with Crippen molar-refractivity contribution in [2.24, 2.45) is 0 Å². The first-order valence-electron chi connectivity index (χ1n) is 5.68. The van der Waals surface area contributed by atoms with Crippen LogP contribution < -0.4 is 4.74 Å². The number of nitrogens with zero attached hydrogens (tertiary/aromatic N) is 2. The molecule has 0 aromatic carbocycles. The van der Waals surface area contributed by atoms with Crippen LogP contribution in [0.4, 0.5) is 0 Å². The highest BCUT2D eigenvalue weighted by Crippen LogP contribution is 2.17. The molecule has 1 atom stereocenters. The number of rotatable bonds is 4. The quantitative estimate of drug-likeness (QED) is 0.852. The minimum atomic E-state index is -0.985. The van der Waals surface area contributed by atoms with Crippen LogP contribution in [-0.4, -0.2) is 47.2 Å². The maximum Gasteiger partial charge on any atom is 0.337 e. The molecule has 2 rings (SSSR count). The number of ether oxygens (including phenoxy) is 1. The Hall–Kier alpha value is -1.62. The molecule has 0 unspecified atom stereocenters. The SMILES string of the molecule is CN1CCC[C@H]1COc1cncc(C(=O)O)c1. The first kappa shape index (κ1) is 11.9. The Kier molecular flexibility index (Phi) is 3.58. The van der Waals surface area contributed by atoms with Crippen molar-refractivity contribution >= 4 is 5.97 Å². The standard InChI is InChI=1S/C12H16N2O3/c1-14-4-2-3-10(14)8-17-11-5-9(12(15)16)6-13-7-11/h5-7,10H,2-4,8H2,1H3,(H,15,16)/t10-/m0/s1. The lowest BCUT2D eigenvalue weighted by molar-refractivity contribution is 0.0695. The van der Waals surface area contributed by atoms with Gasteiger partial charge < -0.3 is 14.7 Å². The van der Waals surface area contributed by atoms with Gasteiger partial charge in [-0.25, -0.2) is 4.79 Å². The summed E-state index contributed by atoms with van der Waals surface area (Å²) < 4.78 is 5.58. The third-order valence-electron chi connectivity index (χ3n) is 3.07. The maximum absolute atomic E-state index is 10.8. The Morgan fingerprint density at radius 1 is 1.65 bits per heavy atom. The van der Waals surface area contributed by atoms with Crippen LogP contribution in [0.1, 0.15) is 23.2 Å². The van der Waals surface area contributed by atoms with Gasteiger partial charge in [-0.15, -0.1) is 0 Å². The van der Waals surface area contributed by atoms with Crippen LogP contribution >= 0.6 is 0 Å². The molecule has 1 saturated heterocycles. The van der Waals surface area contributed by atoms with Crippen molar-refractivity contribution in [3.8, 4) is 5.75 Å². The first-order valence-corrected chi connectivity index (χ1v) is 5.68. The lowest BCUT2D eigenvalue weighted by Crippen LogP contribution is -2.30. The summed E-state index contributed by atoms with van der Waals surface area (Å²) in [5.41, 5.74) is 0.155. The van der Waals surface area contributed by atoms with Crippen molar-refractivity contribution in [2.75, 3.05) is 20.2 Å². The summed E-state index contributed by atoms with van der Waals surface area (Å²) in [5, 5.41) is 8.83. The molecule has 1 aliphatic heterocycles. The van der Waals surface area contributed by atoms with Crippen molar-refractivity contribution in [3.05, 3.63) is 24.0 Å². The maximum atomic E-state index is 10.8. The molecule has 1 fully saturated rings. The third kappa shape index (κ3) is 2.94. The predicted molar refractivity (Wildman–Crippen MR) is 62.3 cm³/mol. The molecule has 1 aromatic rings. The lowest BCUT2D eigenvalue weighted by Gasteiger charge is -2.19. The fraction of sp³-hybridized carbons (Fsp3) is 0.500. The van der Waals surface area contributed by atoms with Gasteiger partial charge in [0.05, 0.1) is 11.8 Å². The normalized spacial score (nSPS) is 20.4. The Labute approximate surface area is 100 Å². The summed E-state index contributed by atoms with van der Waals surface area (Å²) in [6.45, 7) is 1.68. The molecule has 0 radical (unpaired) electrons. The van der Waals surface area contributed by atoms with Gasteiger partial charge >= 0.3 is 5.97 Å². The second-order valence-corrected chi connectivity index (χ2v) is 4.30. The van der Waals surface area contributed by atoms with Gasteiger partial charge in [-0.05, 0) is 32.5 Å². The van der Waals surface area contributed by atoms with Gasteiger partial charge in [0.2, 0.25) is 0 Å². The zero-order valence-corrected chi connectivity index (χ0v) is 9.80. The second-order valence-electron chi connectivity index (χ2n) is 4.30. The van der Waals surface area contributed by atoms with E-state index in [0.717, 1.165) is 13.0 Å². The molecule has 5 nitrogen and oxygen atoms in total. The second kappa shape index (κ2) is 5.14. The highest BCUT2D eigenvalue weighted by atomic mass is 16.5. The van der Waals surface area contributed by atoms with Crippen LogP contribution in [0.3, 0.4) is 0 Å². The van der Waals surface area contributed by atoms with E-state index < -0.39 is 5.97 Å². The minimum Gasteiger partial charge on any atom is -0.490 e. The molecule has 92 valence electrons. The Morgan fingerprint density at radius 3 is 3.12 bits per heavy atom. The number of pyridine rings is 1. The molecule has 1 aromatic heterocycles. The van der Waals surface area contributed by atoms with Gasteiger partial charge in [0, 0.05) is 12.2 Å². The van der Waals surface area contributed by atoms with Crippen molar-refractivity contribution in [2.45, 2.75) is 18.9 Å². The number of carboxylic acid groups (broad SMARTS) is 1. The number of aromatic nitrogens is 1. The van der Waals surface area contributed by atoms with Crippen molar-refractivity contribution in [3.63, 3.8) is 0 Å². The van der Waals surface area contributed by atoms with Crippen LogP contribution in [0, 0.1) is 0 Å². The van der Waals surface area contributed by atoms with E-state index in [1.54, 1.807) is 6.20 Å². The van der Waals surface area contributed by atoms with Gasteiger partial charge in [0.25, 0.3) is 0 Å². The number of carboxylic acids is 1. The number of hydrogen-bond donors (Lipinski definition) is 1. The predicted octanol–water partition coefficient (Wildman–Crippen LogP) is 1.25. The summed E-state index contributed by atoms with van der Waals surface area (Å²) in [4.78, 5) is 16.9. The van der Waals surface area contributed by atoms with Gasteiger partial charge in [0.1, 0.15) is 12.4 Å². The largest absolute Gasteiger partial charge is 0.490 e. The summed E-state index contributed by atoms with van der Waals surface area (Å²) in [5.74, 6) is -0.467. The number of carbonyl (C=O) groups is 1. The van der Waals surface area contributed by atoms with Gasteiger partial charge in [-0.2, -0.15) is 0 Å². The van der Waals surface area contributed by atoms with Crippen LogP contribution in [0.5, 0.6) is 5.75 Å². The fourth-order valence-corrected chi connectivity index (χ4v) is 2.00. The topological polar surface area (TPSA) is 62.7 Å². The molecule has 1 N–H and O–H groups in total. The monoisotopic (exact) mass is 236 g/mol. The van der Waals surface area contributed by atoms with Crippen LogP contribution in [0.25, 0.3) is 0 Å². The zero-order valence-electron chi connectivity index (χ0n) is 9.80. The smallest absolute Gasteiger partial charge is 0.337 e. The Balaban J connectivity index is 1.94. The van der Waals surface area contributed by atoms with E-state index in [0.29, 0.717) is 18.4 Å². The van der Waals surface area contributed by atoms with Gasteiger partial charge in [-0.3, -0.25) is 4.98 Å². The molecule has 0 bridgehead atoms. The van der Waals surface area contributed by atoms with E-state index in [2.05, 4.69) is 16.9 Å². The Bertz CT molecular complexity index is 408. The number of likely N-dealkylation sites (tertiary alicyclic amines) is 1. The fourth-order valence-electron chi connectivity index (χ4n) is 2.00. The lowest BCUT2D eigenvalue weighted by atomic mass is 10.2. The number of likely N-dealkylation sites (N-methyl/N-ethyl adjacent to an activating group) is 1. The highest BCUT2D eigenvalue weighted by molar-refractivity contribution is 5.87. The molecule has 0 saturated carbocycles. The van der Waals surface area contributed by atoms with E-state index in [1.165, 1.54) is 18.7 Å². The average Bonchev–Trinajstić information content (AvgIpc) is 2.72. The minimum absolute atomic E-state index is 0.155. The van der Waals surface area contributed by atoms with Crippen LogP contribution in [0.2, 0.25) is 0 Å². The number of hydrogen-bond acceptors (Lipinski definition) is 4. The van der Waals surface area contributed by atoms with Gasteiger partial charge in [0.15, 0.2) is 0 Å². The molecule has 0 aliphatic carbocycles. The molecule has 0 spiro atoms. The summed E-state index contributed by atoms with van der Waals surface area (Å²) in [6.07, 6.45) is 5.18.